The lowest BCUT2D eigenvalue weighted by Crippen LogP contribution is -2.61. The monoisotopic (exact) mass is 1220 g/mol. The zero-order valence-corrected chi connectivity index (χ0v) is 50.9. The minimum atomic E-state index is -0.747. The van der Waals surface area contributed by atoms with Crippen LogP contribution in [0.2, 0.25) is 10.0 Å². The molecule has 0 aliphatic carbocycles. The number of carbonyl (C=O) groups is 2. The van der Waals surface area contributed by atoms with Crippen LogP contribution in [-0.2, 0) is 9.59 Å². The van der Waals surface area contributed by atoms with Crippen molar-refractivity contribution in [3.8, 4) is 45.4 Å². The number of pyridine rings is 4. The van der Waals surface area contributed by atoms with Gasteiger partial charge in [-0.2, -0.15) is 9.97 Å². The van der Waals surface area contributed by atoms with Gasteiger partial charge in [0.05, 0.1) is 78.2 Å². The van der Waals surface area contributed by atoms with Crippen molar-refractivity contribution in [2.24, 2.45) is 0 Å². The number of nitrogens with one attached hydrogen (secondary N) is 1. The molecule has 0 saturated carbocycles. The number of halogens is 4. The van der Waals surface area contributed by atoms with Gasteiger partial charge < -0.3 is 40.0 Å². The SMILES string of the molecule is C=CC(=O)N1CC2CN(C)c3c(F)c(-c4c(O)cccc4Cl)nc4c3c(nc(=O)n4-c3c(C)ccnc3C(C)C)N2CC1C.C=CC(=O)N1CC2CNc3c(F)c(-c4c(O)cccc4Cl)nc4c3c(nc(=O)n4-c3c(C)ccnc3C(C)C)N2CC1C. The molecule has 8 aromatic rings. The maximum atomic E-state index is 16.9. The Labute approximate surface area is 509 Å². The average molecular weight is 1220 g/mol. The topological polar surface area (TPSA) is 224 Å². The van der Waals surface area contributed by atoms with E-state index in [1.54, 1.807) is 64.5 Å². The third kappa shape index (κ3) is 10.0. The van der Waals surface area contributed by atoms with Crippen LogP contribution in [0.4, 0.5) is 31.8 Å². The molecule has 87 heavy (non-hydrogen) atoms. The van der Waals surface area contributed by atoms with Gasteiger partial charge in [-0.25, -0.2) is 37.5 Å². The molecule has 4 atom stereocenters. The number of likely N-dealkylation sites (N-methyl/N-ethyl adjacent to an activating group) is 1. The number of hydrogen-bond donors (Lipinski definition) is 3. The smallest absolute Gasteiger partial charge is 0.355 e. The van der Waals surface area contributed by atoms with E-state index < -0.39 is 23.0 Å². The fourth-order valence-corrected chi connectivity index (χ4v) is 13.1. The van der Waals surface area contributed by atoms with E-state index in [0.717, 1.165) is 11.1 Å². The minimum absolute atomic E-state index is 0.00400. The molecule has 0 radical (unpaired) electrons. The standard InChI is InChI=1S/C32H33ClFN7O3.C31H31ClFN7O3/c1-7-22(43)39-15-19-14-38(6)29-24-30(40(19)13-18(39)5)37-32(44)41(28-17(4)11-12-35-26(28)16(2)3)31(24)36-27(25(29)34)23-20(33)9-8-10-21(23)42;1-6-21(42)38-14-18-12-35-26-23-29(39(18)13-17(38)5)37-31(43)40(28-16(4)10-11-34-25(28)15(2)3)30(23)36-27(24(26)33)22-19(32)8-7-9-20(22)41/h7-12,16,18-19,42H,1,13-15H2,2-6H3;6-11,15,17-18,35,41H,1,12-14H2,2-5H3. The molecule has 2 aromatic carbocycles. The molecule has 20 nitrogen and oxygen atoms in total. The molecule has 10 heterocycles. The van der Waals surface area contributed by atoms with Crippen molar-refractivity contribution >= 4 is 80.1 Å². The second kappa shape index (κ2) is 23.0. The normalized spacial score (nSPS) is 18.0. The average Bonchev–Trinajstić information content (AvgIpc) is 1.73. The highest BCUT2D eigenvalue weighted by atomic mass is 35.5. The number of phenolic OH excluding ortho intramolecular Hbond substituents is 2. The first-order valence-electron chi connectivity index (χ1n) is 28.5. The highest BCUT2D eigenvalue weighted by Gasteiger charge is 2.43. The second-order valence-corrected chi connectivity index (χ2v) is 23.9. The molecule has 2 amide bonds. The first kappa shape index (κ1) is 59.7. The summed E-state index contributed by atoms with van der Waals surface area (Å²) in [6.45, 7) is 24.6. The maximum absolute atomic E-state index is 16.9. The summed E-state index contributed by atoms with van der Waals surface area (Å²) in [7, 11) is 1.75. The minimum Gasteiger partial charge on any atom is -0.507 e. The highest BCUT2D eigenvalue weighted by molar-refractivity contribution is 6.34. The molecule has 0 spiro atoms. The molecular formula is C63H64Cl2F2N14O6. The fourth-order valence-electron chi connectivity index (χ4n) is 12.5. The zero-order chi connectivity index (χ0) is 62.3. The van der Waals surface area contributed by atoms with Crippen molar-refractivity contribution in [3.63, 3.8) is 0 Å². The number of carbonyl (C=O) groups excluding carboxylic acids is 2. The van der Waals surface area contributed by atoms with Gasteiger partial charge in [0.25, 0.3) is 0 Å². The van der Waals surface area contributed by atoms with Gasteiger partial charge >= 0.3 is 11.4 Å². The Balaban J connectivity index is 0.000000180. The Bertz CT molecular complexity index is 4290. The number of amides is 2. The summed E-state index contributed by atoms with van der Waals surface area (Å²) >= 11 is 13.0. The van der Waals surface area contributed by atoms with Crippen molar-refractivity contribution < 1.29 is 28.6 Å². The predicted molar refractivity (Wildman–Crippen MR) is 334 cm³/mol. The largest absolute Gasteiger partial charge is 0.507 e. The lowest BCUT2D eigenvalue weighted by Gasteiger charge is -2.45. The van der Waals surface area contributed by atoms with E-state index in [4.69, 9.17) is 33.2 Å². The van der Waals surface area contributed by atoms with Gasteiger partial charge in [-0.1, -0.05) is 76.2 Å². The molecule has 6 aromatic heterocycles. The van der Waals surface area contributed by atoms with Gasteiger partial charge in [-0.15, -0.1) is 0 Å². The van der Waals surface area contributed by atoms with Crippen molar-refractivity contribution in [2.45, 2.75) is 91.4 Å². The first-order valence-corrected chi connectivity index (χ1v) is 29.3. The number of aryl methyl sites for hydroxylation is 2. The molecule has 2 fully saturated rings. The number of aromatic nitrogens is 8. The van der Waals surface area contributed by atoms with E-state index in [1.165, 1.54) is 39.5 Å². The van der Waals surface area contributed by atoms with Crippen LogP contribution in [0, 0.1) is 25.5 Å². The quantitative estimate of drug-likeness (QED) is 0.120. The molecule has 2 saturated heterocycles. The lowest BCUT2D eigenvalue weighted by molar-refractivity contribution is -0.129. The summed E-state index contributed by atoms with van der Waals surface area (Å²) in [5.74, 6) is -1.93. The van der Waals surface area contributed by atoms with E-state index in [1.807, 2.05) is 65.2 Å². The number of fused-ring (bicyclic) bond motifs is 4. The molecule has 24 heteroatoms. The molecule has 4 aliphatic heterocycles. The van der Waals surface area contributed by atoms with Crippen molar-refractivity contribution in [1.82, 2.24) is 48.8 Å². The Morgan fingerprint density at radius 1 is 0.644 bits per heavy atom. The van der Waals surface area contributed by atoms with Gasteiger partial charge in [-0.05, 0) is 99.2 Å². The first-order chi connectivity index (χ1) is 41.5. The fraction of sp³-hybridized carbons (Fsp3) is 0.333. The predicted octanol–water partition coefficient (Wildman–Crippen LogP) is 9.60. The highest BCUT2D eigenvalue weighted by Crippen LogP contribution is 2.47. The van der Waals surface area contributed by atoms with Gasteiger partial charge in [-0.3, -0.25) is 19.6 Å². The van der Waals surface area contributed by atoms with Gasteiger partial charge in [0, 0.05) is 70.8 Å². The summed E-state index contributed by atoms with van der Waals surface area (Å²) in [5.41, 5.74) is 2.79. The van der Waals surface area contributed by atoms with Crippen LogP contribution in [0.25, 0.3) is 56.0 Å². The molecule has 4 aliphatic rings. The Kier molecular flexibility index (Phi) is 15.8. The number of aromatic hydroxyl groups is 2. The van der Waals surface area contributed by atoms with Crippen molar-refractivity contribution in [3.05, 3.63) is 151 Å². The summed E-state index contributed by atoms with van der Waals surface area (Å²) < 4.78 is 36.4. The molecule has 4 unspecified atom stereocenters. The molecule has 3 N–H and O–H groups in total. The van der Waals surface area contributed by atoms with E-state index in [-0.39, 0.29) is 133 Å². The zero-order valence-electron chi connectivity index (χ0n) is 49.4. The maximum Gasteiger partial charge on any atom is 0.355 e. The Morgan fingerprint density at radius 3 is 1.56 bits per heavy atom. The number of hydrogen-bond acceptors (Lipinski definition) is 16. The summed E-state index contributed by atoms with van der Waals surface area (Å²) in [5, 5.41) is 25.7. The van der Waals surface area contributed by atoms with E-state index in [9.17, 15) is 29.4 Å². The number of rotatable bonds is 8. The lowest BCUT2D eigenvalue weighted by atomic mass is 10.0. The van der Waals surface area contributed by atoms with E-state index in [2.05, 4.69) is 38.4 Å². The van der Waals surface area contributed by atoms with Crippen LogP contribution in [0.5, 0.6) is 11.5 Å². The number of benzene rings is 2. The van der Waals surface area contributed by atoms with Crippen molar-refractivity contribution in [2.75, 3.05) is 66.3 Å². The third-order valence-corrected chi connectivity index (χ3v) is 17.3. The number of phenols is 2. The molecule has 12 rings (SSSR count). The van der Waals surface area contributed by atoms with Crippen molar-refractivity contribution in [1.29, 1.82) is 0 Å². The Hall–Kier alpha value is -9.02. The summed E-state index contributed by atoms with van der Waals surface area (Å²) in [6, 6.07) is 11.5. The van der Waals surface area contributed by atoms with E-state index in [0.29, 0.717) is 66.3 Å². The van der Waals surface area contributed by atoms with Crippen LogP contribution in [0.15, 0.2) is 95.8 Å². The number of piperazine rings is 2. The van der Waals surface area contributed by atoms with Crippen LogP contribution < -0.4 is 31.4 Å². The third-order valence-electron chi connectivity index (χ3n) is 16.7. The van der Waals surface area contributed by atoms with Gasteiger partial charge in [0.15, 0.2) is 22.9 Å². The summed E-state index contributed by atoms with van der Waals surface area (Å²) in [6.07, 6.45) is 5.93. The second-order valence-electron chi connectivity index (χ2n) is 23.0. The Morgan fingerprint density at radius 2 is 1.09 bits per heavy atom. The van der Waals surface area contributed by atoms with Gasteiger partial charge in [0.2, 0.25) is 11.8 Å². The summed E-state index contributed by atoms with van der Waals surface area (Å²) in [4.78, 5) is 90.6. The molecular weight excluding hydrogens is 1160 g/mol. The van der Waals surface area contributed by atoms with Crippen LogP contribution in [0.3, 0.4) is 0 Å². The van der Waals surface area contributed by atoms with E-state index >= 15 is 8.78 Å². The molecule has 450 valence electrons. The van der Waals surface area contributed by atoms with Crippen LogP contribution >= 0.6 is 23.2 Å². The number of anilines is 4. The van der Waals surface area contributed by atoms with Crippen LogP contribution in [-0.4, -0.2) is 141 Å². The van der Waals surface area contributed by atoms with Gasteiger partial charge in [0.1, 0.15) is 34.5 Å². The van der Waals surface area contributed by atoms with Crippen LogP contribution in [0.1, 0.15) is 75.9 Å². The molecule has 0 bridgehead atoms. The number of nitrogens with zero attached hydrogens (tertiary/aromatic N) is 13.